The van der Waals surface area contributed by atoms with E-state index in [1.807, 2.05) is 30.3 Å². The zero-order chi connectivity index (χ0) is 11.3. The van der Waals surface area contributed by atoms with Crippen LogP contribution in [0, 0.1) is 5.92 Å². The minimum absolute atomic E-state index is 0.216. The Labute approximate surface area is 88.7 Å². The maximum atomic E-state index is 11.4. The van der Waals surface area contributed by atoms with E-state index in [0.717, 1.165) is 5.56 Å². The van der Waals surface area contributed by atoms with Crippen molar-refractivity contribution in [1.29, 1.82) is 0 Å². The van der Waals surface area contributed by atoms with Crippen LogP contribution < -0.4 is 0 Å². The summed E-state index contributed by atoms with van der Waals surface area (Å²) in [5.41, 5.74) is 0.881. The molecule has 0 heterocycles. The monoisotopic (exact) mass is 206 g/mol. The van der Waals surface area contributed by atoms with Gasteiger partial charge in [-0.2, -0.15) is 0 Å². The number of hydrogen-bond donors (Lipinski definition) is 1. The zero-order valence-electron chi connectivity index (χ0n) is 8.64. The first kappa shape index (κ1) is 11.4. The Hall–Kier alpha value is -1.64. The smallest absolute Gasteiger partial charge is 0.314 e. The molecule has 0 saturated heterocycles. The van der Waals surface area contributed by atoms with E-state index in [-0.39, 0.29) is 18.6 Å². The van der Waals surface area contributed by atoms with Gasteiger partial charge in [-0.25, -0.2) is 0 Å². The zero-order valence-corrected chi connectivity index (χ0v) is 8.64. The predicted molar refractivity (Wildman–Crippen MR) is 56.6 cm³/mol. The third-order valence-electron chi connectivity index (χ3n) is 2.32. The molecule has 0 radical (unpaired) electrons. The van der Waals surface area contributed by atoms with Crippen molar-refractivity contribution in [2.45, 2.75) is 19.8 Å². The topological polar surface area (TPSA) is 54.4 Å². The molecule has 1 aromatic carbocycles. The second-order valence-corrected chi connectivity index (χ2v) is 3.40. The van der Waals surface area contributed by atoms with Crippen molar-refractivity contribution in [2.24, 2.45) is 5.92 Å². The van der Waals surface area contributed by atoms with E-state index in [2.05, 4.69) is 0 Å². The van der Waals surface area contributed by atoms with Crippen LogP contribution in [-0.4, -0.2) is 16.9 Å². The maximum absolute atomic E-state index is 11.4. The van der Waals surface area contributed by atoms with E-state index < -0.39 is 11.9 Å². The summed E-state index contributed by atoms with van der Waals surface area (Å²) in [6, 6.07) is 9.20. The molecule has 0 spiro atoms. The Morgan fingerprint density at radius 3 is 2.33 bits per heavy atom. The molecular weight excluding hydrogens is 192 g/mol. The minimum atomic E-state index is -1.04. The molecule has 1 rings (SSSR count). The lowest BCUT2D eigenvalue weighted by molar-refractivity contribution is -0.146. The van der Waals surface area contributed by atoms with Gasteiger partial charge in [0.2, 0.25) is 0 Å². The highest BCUT2D eigenvalue weighted by molar-refractivity contribution is 5.98. The van der Waals surface area contributed by atoms with Crippen molar-refractivity contribution >= 4 is 11.8 Å². The van der Waals surface area contributed by atoms with E-state index in [0.29, 0.717) is 0 Å². The van der Waals surface area contributed by atoms with Crippen molar-refractivity contribution in [3.63, 3.8) is 0 Å². The number of carbonyl (C=O) groups is 2. The van der Waals surface area contributed by atoms with E-state index in [1.165, 1.54) is 0 Å². The summed E-state index contributed by atoms with van der Waals surface area (Å²) >= 11 is 0. The fourth-order valence-electron chi connectivity index (χ4n) is 1.44. The molecule has 1 unspecified atom stereocenters. The Morgan fingerprint density at radius 1 is 1.27 bits per heavy atom. The number of carboxylic acids is 1. The van der Waals surface area contributed by atoms with E-state index in [1.54, 1.807) is 6.92 Å². The SMILES string of the molecule is CCC(=O)C(Cc1ccccc1)C(=O)O. The Balaban J connectivity index is 2.76. The molecule has 0 fully saturated rings. The Morgan fingerprint density at radius 2 is 1.87 bits per heavy atom. The van der Waals surface area contributed by atoms with Gasteiger partial charge >= 0.3 is 5.97 Å². The van der Waals surface area contributed by atoms with Gasteiger partial charge in [-0.15, -0.1) is 0 Å². The molecule has 15 heavy (non-hydrogen) atoms. The molecule has 0 bridgehead atoms. The molecule has 0 aliphatic carbocycles. The highest BCUT2D eigenvalue weighted by Gasteiger charge is 2.24. The molecule has 3 nitrogen and oxygen atoms in total. The van der Waals surface area contributed by atoms with Crippen LogP contribution in [0.25, 0.3) is 0 Å². The Kier molecular flexibility index (Phi) is 4.03. The predicted octanol–water partition coefficient (Wildman–Crippen LogP) is 1.91. The van der Waals surface area contributed by atoms with Crippen LogP contribution >= 0.6 is 0 Å². The van der Waals surface area contributed by atoms with E-state index in [4.69, 9.17) is 5.11 Å². The van der Waals surface area contributed by atoms with Gasteiger partial charge in [0.05, 0.1) is 0 Å². The highest BCUT2D eigenvalue weighted by Crippen LogP contribution is 2.11. The molecule has 1 atom stereocenters. The average Bonchev–Trinajstić information content (AvgIpc) is 2.26. The first-order chi connectivity index (χ1) is 7.15. The van der Waals surface area contributed by atoms with Gasteiger partial charge in [0.25, 0.3) is 0 Å². The first-order valence-corrected chi connectivity index (χ1v) is 4.94. The van der Waals surface area contributed by atoms with Gasteiger partial charge in [0.1, 0.15) is 11.7 Å². The minimum Gasteiger partial charge on any atom is -0.481 e. The molecule has 80 valence electrons. The van der Waals surface area contributed by atoms with Crippen molar-refractivity contribution in [3.05, 3.63) is 35.9 Å². The van der Waals surface area contributed by atoms with Gasteiger partial charge in [-0.1, -0.05) is 37.3 Å². The number of benzene rings is 1. The van der Waals surface area contributed by atoms with Crippen LogP contribution in [-0.2, 0) is 16.0 Å². The largest absolute Gasteiger partial charge is 0.481 e. The van der Waals surface area contributed by atoms with E-state index in [9.17, 15) is 9.59 Å². The summed E-state index contributed by atoms with van der Waals surface area (Å²) in [5.74, 6) is -2.16. The van der Waals surface area contributed by atoms with Crippen LogP contribution in [0.5, 0.6) is 0 Å². The van der Waals surface area contributed by atoms with Gasteiger partial charge < -0.3 is 5.11 Å². The number of hydrogen-bond acceptors (Lipinski definition) is 2. The molecule has 0 saturated carbocycles. The molecule has 0 aliphatic heterocycles. The normalized spacial score (nSPS) is 12.1. The number of Topliss-reactive ketones (excluding diaryl/α,β-unsaturated/α-hetero) is 1. The maximum Gasteiger partial charge on any atom is 0.314 e. The van der Waals surface area contributed by atoms with Crippen LogP contribution in [0.4, 0.5) is 0 Å². The number of carbonyl (C=O) groups excluding carboxylic acids is 1. The standard InChI is InChI=1S/C12H14O3/c1-2-11(13)10(12(14)15)8-9-6-4-3-5-7-9/h3-7,10H,2,8H2,1H3,(H,14,15). The van der Waals surface area contributed by atoms with E-state index >= 15 is 0 Å². The van der Waals surface area contributed by atoms with Crippen LogP contribution in [0.1, 0.15) is 18.9 Å². The van der Waals surface area contributed by atoms with Gasteiger partial charge in [-0.05, 0) is 12.0 Å². The highest BCUT2D eigenvalue weighted by atomic mass is 16.4. The second-order valence-electron chi connectivity index (χ2n) is 3.40. The third kappa shape index (κ3) is 3.20. The van der Waals surface area contributed by atoms with Crippen LogP contribution in [0.2, 0.25) is 0 Å². The third-order valence-corrected chi connectivity index (χ3v) is 2.32. The number of rotatable bonds is 5. The van der Waals surface area contributed by atoms with Crippen LogP contribution in [0.3, 0.4) is 0 Å². The number of carboxylic acid groups (broad SMARTS) is 1. The summed E-state index contributed by atoms with van der Waals surface area (Å²) in [4.78, 5) is 22.3. The molecule has 0 aliphatic rings. The van der Waals surface area contributed by atoms with Crippen molar-refractivity contribution in [1.82, 2.24) is 0 Å². The molecule has 0 aromatic heterocycles. The van der Waals surface area contributed by atoms with Gasteiger partial charge in [0.15, 0.2) is 0 Å². The lowest BCUT2D eigenvalue weighted by atomic mass is 9.94. The summed E-state index contributed by atoms with van der Waals surface area (Å²) in [7, 11) is 0. The summed E-state index contributed by atoms with van der Waals surface area (Å²) in [5, 5.41) is 8.92. The fraction of sp³-hybridized carbons (Fsp3) is 0.333. The fourth-order valence-corrected chi connectivity index (χ4v) is 1.44. The first-order valence-electron chi connectivity index (χ1n) is 4.94. The summed E-state index contributed by atoms with van der Waals surface area (Å²) in [6.07, 6.45) is 0.548. The molecular formula is C12H14O3. The molecule has 0 amide bonds. The van der Waals surface area contributed by atoms with Gasteiger partial charge in [0, 0.05) is 6.42 Å². The second kappa shape index (κ2) is 5.29. The van der Waals surface area contributed by atoms with Crippen molar-refractivity contribution in [2.75, 3.05) is 0 Å². The number of aliphatic carboxylic acids is 1. The average molecular weight is 206 g/mol. The lowest BCUT2D eigenvalue weighted by Crippen LogP contribution is -2.25. The summed E-state index contributed by atoms with van der Waals surface area (Å²) in [6.45, 7) is 1.68. The number of ketones is 1. The summed E-state index contributed by atoms with van der Waals surface area (Å²) < 4.78 is 0. The quantitative estimate of drug-likeness (QED) is 0.749. The molecule has 1 N–H and O–H groups in total. The molecule has 3 heteroatoms. The molecule has 1 aromatic rings. The Bertz CT molecular complexity index is 343. The van der Waals surface area contributed by atoms with Crippen molar-refractivity contribution in [3.8, 4) is 0 Å². The van der Waals surface area contributed by atoms with Crippen LogP contribution in [0.15, 0.2) is 30.3 Å². The lowest BCUT2D eigenvalue weighted by Gasteiger charge is -2.09. The van der Waals surface area contributed by atoms with Gasteiger partial charge in [-0.3, -0.25) is 9.59 Å². The van der Waals surface area contributed by atoms with Crippen molar-refractivity contribution < 1.29 is 14.7 Å².